The summed E-state index contributed by atoms with van der Waals surface area (Å²) in [5, 5.41) is 3.52. The molecule has 2 aliphatic rings. The zero-order valence-electron chi connectivity index (χ0n) is 12.1. The van der Waals surface area contributed by atoms with Gasteiger partial charge < -0.3 is 19.7 Å². The monoisotopic (exact) mass is 276 g/mol. The van der Waals surface area contributed by atoms with Crippen LogP contribution in [0.1, 0.15) is 24.8 Å². The van der Waals surface area contributed by atoms with Crippen LogP contribution in [0.15, 0.2) is 18.2 Å². The second-order valence-electron chi connectivity index (χ2n) is 5.56. The van der Waals surface area contributed by atoms with E-state index in [1.165, 1.54) is 37.9 Å². The van der Waals surface area contributed by atoms with Crippen molar-refractivity contribution in [1.82, 2.24) is 10.2 Å². The Labute approximate surface area is 121 Å². The van der Waals surface area contributed by atoms with E-state index in [9.17, 15) is 0 Å². The number of hydrogen-bond donors (Lipinski definition) is 1. The fraction of sp³-hybridized carbons (Fsp3) is 0.625. The average Bonchev–Trinajstić information content (AvgIpc) is 2.52. The van der Waals surface area contributed by atoms with Crippen molar-refractivity contribution in [3.05, 3.63) is 23.8 Å². The van der Waals surface area contributed by atoms with Gasteiger partial charge >= 0.3 is 0 Å². The molecule has 0 unspecified atom stereocenters. The number of hydrogen-bond acceptors (Lipinski definition) is 4. The smallest absolute Gasteiger partial charge is 0.161 e. The summed E-state index contributed by atoms with van der Waals surface area (Å²) in [5.74, 6) is 1.75. The molecule has 1 fully saturated rings. The summed E-state index contributed by atoms with van der Waals surface area (Å²) in [6.07, 6.45) is 4.13. The molecule has 1 aromatic rings. The molecule has 4 nitrogen and oxygen atoms in total. The molecule has 0 spiro atoms. The number of rotatable bonds is 5. The minimum Gasteiger partial charge on any atom is -0.486 e. The van der Waals surface area contributed by atoms with Crippen LogP contribution < -0.4 is 14.8 Å². The number of fused-ring (bicyclic) bond motifs is 1. The summed E-state index contributed by atoms with van der Waals surface area (Å²) in [5.41, 5.74) is 1.26. The summed E-state index contributed by atoms with van der Waals surface area (Å²) >= 11 is 0. The first-order valence-corrected chi connectivity index (χ1v) is 7.73. The lowest BCUT2D eigenvalue weighted by molar-refractivity contribution is 0.171. The molecule has 0 amide bonds. The van der Waals surface area contributed by atoms with Crippen molar-refractivity contribution < 1.29 is 9.47 Å². The van der Waals surface area contributed by atoms with E-state index in [2.05, 4.69) is 22.3 Å². The third-order valence-corrected chi connectivity index (χ3v) is 3.99. The van der Waals surface area contributed by atoms with Crippen LogP contribution >= 0.6 is 0 Å². The summed E-state index contributed by atoms with van der Waals surface area (Å²) in [4.78, 5) is 2.56. The van der Waals surface area contributed by atoms with Gasteiger partial charge in [-0.15, -0.1) is 0 Å². The number of nitrogens with one attached hydrogen (secondary N) is 1. The van der Waals surface area contributed by atoms with E-state index in [0.29, 0.717) is 13.2 Å². The van der Waals surface area contributed by atoms with Crippen molar-refractivity contribution >= 4 is 0 Å². The number of ether oxygens (including phenoxy) is 2. The highest BCUT2D eigenvalue weighted by Crippen LogP contribution is 2.30. The van der Waals surface area contributed by atoms with E-state index in [1.807, 2.05) is 6.07 Å². The minimum atomic E-state index is 0.652. The molecular weight excluding hydrogens is 252 g/mol. The first kappa shape index (κ1) is 13.7. The Hall–Kier alpha value is -1.26. The lowest BCUT2D eigenvalue weighted by atomic mass is 10.1. The van der Waals surface area contributed by atoms with Crippen LogP contribution in [0.2, 0.25) is 0 Å². The molecule has 20 heavy (non-hydrogen) atoms. The lowest BCUT2D eigenvalue weighted by Gasteiger charge is -2.26. The van der Waals surface area contributed by atoms with Gasteiger partial charge in [0.25, 0.3) is 0 Å². The van der Waals surface area contributed by atoms with Crippen molar-refractivity contribution in [1.29, 1.82) is 0 Å². The number of benzene rings is 1. The van der Waals surface area contributed by atoms with Crippen LogP contribution in [0.3, 0.4) is 0 Å². The van der Waals surface area contributed by atoms with Crippen LogP contribution in [0.25, 0.3) is 0 Å². The fourth-order valence-electron chi connectivity index (χ4n) is 2.85. The number of nitrogens with zero attached hydrogens (tertiary/aromatic N) is 1. The number of piperidine rings is 1. The van der Waals surface area contributed by atoms with Gasteiger partial charge in [0.1, 0.15) is 13.2 Å². The van der Waals surface area contributed by atoms with Crippen LogP contribution in [-0.2, 0) is 6.54 Å². The normalized spacial score (nSPS) is 19.0. The molecule has 2 aliphatic heterocycles. The average molecular weight is 276 g/mol. The standard InChI is InChI=1S/C16H24N2O2/c1-2-7-18(8-3-1)9-6-17-13-14-4-5-15-16(12-14)20-11-10-19-15/h4-5,12,17H,1-3,6-11,13H2. The Morgan fingerprint density at radius 3 is 2.65 bits per heavy atom. The Morgan fingerprint density at radius 1 is 1.00 bits per heavy atom. The zero-order chi connectivity index (χ0) is 13.6. The minimum absolute atomic E-state index is 0.652. The quantitative estimate of drug-likeness (QED) is 0.834. The molecule has 2 heterocycles. The molecule has 0 aromatic heterocycles. The van der Waals surface area contributed by atoms with Gasteiger partial charge in [0, 0.05) is 19.6 Å². The molecule has 110 valence electrons. The molecule has 0 atom stereocenters. The van der Waals surface area contributed by atoms with E-state index >= 15 is 0 Å². The van der Waals surface area contributed by atoms with Gasteiger partial charge in [0.05, 0.1) is 0 Å². The Kier molecular flexibility index (Phi) is 4.77. The third-order valence-electron chi connectivity index (χ3n) is 3.99. The maximum atomic E-state index is 5.60. The summed E-state index contributed by atoms with van der Waals surface area (Å²) in [6.45, 7) is 6.94. The first-order chi connectivity index (χ1) is 9.92. The van der Waals surface area contributed by atoms with Gasteiger partial charge in [-0.3, -0.25) is 0 Å². The van der Waals surface area contributed by atoms with Crippen molar-refractivity contribution in [2.75, 3.05) is 39.4 Å². The Balaban J connectivity index is 1.41. The summed E-state index contributed by atoms with van der Waals surface area (Å²) in [7, 11) is 0. The molecule has 3 rings (SSSR count). The van der Waals surface area contributed by atoms with Crippen molar-refractivity contribution in [2.24, 2.45) is 0 Å². The van der Waals surface area contributed by atoms with Crippen molar-refractivity contribution in [3.8, 4) is 11.5 Å². The Bertz CT molecular complexity index is 430. The van der Waals surface area contributed by atoms with Gasteiger partial charge in [-0.2, -0.15) is 0 Å². The molecule has 1 saturated heterocycles. The SMILES string of the molecule is c1cc2c(cc1CNCCN1CCCCC1)OCCO2. The predicted octanol–water partition coefficient (Wildman–Crippen LogP) is 2.03. The topological polar surface area (TPSA) is 33.7 Å². The zero-order valence-corrected chi connectivity index (χ0v) is 12.1. The van der Waals surface area contributed by atoms with Gasteiger partial charge in [0.15, 0.2) is 11.5 Å². The van der Waals surface area contributed by atoms with E-state index in [-0.39, 0.29) is 0 Å². The van der Waals surface area contributed by atoms with E-state index in [0.717, 1.165) is 31.1 Å². The molecule has 1 N–H and O–H groups in total. The van der Waals surface area contributed by atoms with Crippen LogP contribution in [0.5, 0.6) is 11.5 Å². The molecule has 1 aromatic carbocycles. The van der Waals surface area contributed by atoms with Crippen LogP contribution in [-0.4, -0.2) is 44.3 Å². The highest BCUT2D eigenvalue weighted by Gasteiger charge is 2.12. The molecule has 0 bridgehead atoms. The number of likely N-dealkylation sites (tertiary alicyclic amines) is 1. The van der Waals surface area contributed by atoms with Gasteiger partial charge in [-0.05, 0) is 43.6 Å². The van der Waals surface area contributed by atoms with Crippen molar-refractivity contribution in [3.63, 3.8) is 0 Å². The first-order valence-electron chi connectivity index (χ1n) is 7.73. The maximum Gasteiger partial charge on any atom is 0.161 e. The van der Waals surface area contributed by atoms with Crippen LogP contribution in [0, 0.1) is 0 Å². The Morgan fingerprint density at radius 2 is 1.80 bits per heavy atom. The van der Waals surface area contributed by atoms with E-state index < -0.39 is 0 Å². The van der Waals surface area contributed by atoms with Crippen molar-refractivity contribution in [2.45, 2.75) is 25.8 Å². The second-order valence-corrected chi connectivity index (χ2v) is 5.56. The second kappa shape index (κ2) is 6.95. The molecule has 0 saturated carbocycles. The molecule has 0 radical (unpaired) electrons. The lowest BCUT2D eigenvalue weighted by Crippen LogP contribution is -2.35. The van der Waals surface area contributed by atoms with Gasteiger partial charge in [-0.1, -0.05) is 12.5 Å². The van der Waals surface area contributed by atoms with E-state index in [1.54, 1.807) is 0 Å². The van der Waals surface area contributed by atoms with E-state index in [4.69, 9.17) is 9.47 Å². The fourth-order valence-corrected chi connectivity index (χ4v) is 2.85. The molecular formula is C16H24N2O2. The largest absolute Gasteiger partial charge is 0.486 e. The molecule has 4 heteroatoms. The van der Waals surface area contributed by atoms with Crippen LogP contribution in [0.4, 0.5) is 0 Å². The maximum absolute atomic E-state index is 5.60. The highest BCUT2D eigenvalue weighted by atomic mass is 16.6. The third kappa shape index (κ3) is 3.64. The van der Waals surface area contributed by atoms with Gasteiger partial charge in [-0.25, -0.2) is 0 Å². The summed E-state index contributed by atoms with van der Waals surface area (Å²) < 4.78 is 11.1. The van der Waals surface area contributed by atoms with Gasteiger partial charge in [0.2, 0.25) is 0 Å². The predicted molar refractivity (Wildman–Crippen MR) is 79.4 cm³/mol. The molecule has 0 aliphatic carbocycles. The highest BCUT2D eigenvalue weighted by molar-refractivity contribution is 5.43. The summed E-state index contributed by atoms with van der Waals surface area (Å²) in [6, 6.07) is 6.21.